The Morgan fingerprint density at radius 2 is 2.24 bits per heavy atom. The number of carbonyl (C=O) groups excluding carboxylic acids is 1. The van der Waals surface area contributed by atoms with Crippen LogP contribution in [0.3, 0.4) is 0 Å². The first-order chi connectivity index (χ1) is 11.9. The number of aromatic amines is 1. The molecule has 3 aromatic rings. The number of fused-ring (bicyclic) bond motifs is 1. The Kier molecular flexibility index (Phi) is 4.88. The van der Waals surface area contributed by atoms with Crippen LogP contribution >= 0.6 is 34.9 Å². The Morgan fingerprint density at radius 1 is 1.44 bits per heavy atom. The van der Waals surface area contributed by atoms with E-state index in [1.54, 1.807) is 12.1 Å². The minimum atomic E-state index is -1.37. The van der Waals surface area contributed by atoms with E-state index in [1.807, 2.05) is 6.07 Å². The molecular weight excluding hydrogens is 384 g/mol. The van der Waals surface area contributed by atoms with Crippen LogP contribution in [0.4, 0.5) is 5.13 Å². The number of carboxylic acids is 1. The van der Waals surface area contributed by atoms with Gasteiger partial charge in [0, 0.05) is 5.38 Å². The predicted molar refractivity (Wildman–Crippen MR) is 97.5 cm³/mol. The quantitative estimate of drug-likeness (QED) is 0.262. The van der Waals surface area contributed by atoms with Gasteiger partial charge in [0.25, 0.3) is 0 Å². The smallest absolute Gasteiger partial charge is 0.360 e. The minimum absolute atomic E-state index is 0.0341. The van der Waals surface area contributed by atoms with Crippen LogP contribution in [0.2, 0.25) is 0 Å². The summed E-state index contributed by atoms with van der Waals surface area (Å²) in [5, 5.41) is 14.2. The number of anilines is 1. The van der Waals surface area contributed by atoms with Gasteiger partial charge in [-0.05, 0) is 23.8 Å². The zero-order valence-electron chi connectivity index (χ0n) is 12.4. The number of nitrogens with one attached hydrogen (secondary N) is 1. The van der Waals surface area contributed by atoms with Gasteiger partial charge >= 0.3 is 11.9 Å². The first-order valence-corrected chi connectivity index (χ1v) is 8.87. The van der Waals surface area contributed by atoms with Crippen molar-refractivity contribution < 1.29 is 19.5 Å². The third kappa shape index (κ3) is 3.90. The summed E-state index contributed by atoms with van der Waals surface area (Å²) in [6.07, 6.45) is -0.0883. The lowest BCUT2D eigenvalue weighted by atomic mass is 10.1. The molecular formula is C14H10N4O4S3. The molecule has 11 heteroatoms. The SMILES string of the molecule is Nc1nc(C(=NOC(=O)Cc2cccc3sc(=S)[nH]c23)C(=O)O)cs1. The van der Waals surface area contributed by atoms with Crippen molar-refractivity contribution in [1.29, 1.82) is 0 Å². The van der Waals surface area contributed by atoms with E-state index in [2.05, 4.69) is 15.1 Å². The van der Waals surface area contributed by atoms with E-state index in [9.17, 15) is 9.59 Å². The van der Waals surface area contributed by atoms with E-state index in [-0.39, 0.29) is 17.2 Å². The summed E-state index contributed by atoms with van der Waals surface area (Å²) >= 11 is 7.56. The van der Waals surface area contributed by atoms with Gasteiger partial charge in [0.05, 0.1) is 16.6 Å². The number of hydrogen-bond acceptors (Lipinski definition) is 9. The molecule has 128 valence electrons. The first-order valence-electron chi connectivity index (χ1n) is 6.77. The number of carboxylic acid groups (broad SMARTS) is 1. The molecule has 0 atom stereocenters. The van der Waals surface area contributed by atoms with Crippen molar-refractivity contribution >= 4 is 67.9 Å². The third-order valence-electron chi connectivity index (χ3n) is 3.08. The number of para-hydroxylation sites is 1. The number of thiazole rings is 2. The third-order valence-corrected chi connectivity index (χ3v) is 4.96. The Balaban J connectivity index is 1.79. The second-order valence-corrected chi connectivity index (χ2v) is 7.37. The van der Waals surface area contributed by atoms with Gasteiger partial charge in [-0.25, -0.2) is 14.6 Å². The molecule has 0 aliphatic carbocycles. The van der Waals surface area contributed by atoms with Gasteiger partial charge in [-0.2, -0.15) is 0 Å². The molecule has 0 unspecified atom stereocenters. The summed E-state index contributed by atoms with van der Waals surface area (Å²) < 4.78 is 1.52. The Hall–Kier alpha value is -2.63. The second-order valence-electron chi connectivity index (χ2n) is 4.76. The molecule has 3 rings (SSSR count). The van der Waals surface area contributed by atoms with Crippen LogP contribution < -0.4 is 5.73 Å². The van der Waals surface area contributed by atoms with Crippen LogP contribution in [0.15, 0.2) is 28.7 Å². The van der Waals surface area contributed by atoms with Crippen molar-refractivity contribution in [3.05, 3.63) is 38.8 Å². The fraction of sp³-hybridized carbons (Fsp3) is 0.0714. The van der Waals surface area contributed by atoms with Crippen molar-refractivity contribution in [2.24, 2.45) is 5.16 Å². The minimum Gasteiger partial charge on any atom is -0.476 e. The van der Waals surface area contributed by atoms with Crippen LogP contribution in [0.1, 0.15) is 11.3 Å². The Labute approximate surface area is 153 Å². The van der Waals surface area contributed by atoms with Crippen molar-refractivity contribution in [2.75, 3.05) is 5.73 Å². The molecule has 0 aliphatic heterocycles. The molecule has 0 aliphatic rings. The molecule has 8 nitrogen and oxygen atoms in total. The summed E-state index contributed by atoms with van der Waals surface area (Å²) in [7, 11) is 0. The highest BCUT2D eigenvalue weighted by atomic mass is 32.1. The number of oxime groups is 1. The number of carbonyl (C=O) groups is 2. The number of benzene rings is 1. The summed E-state index contributed by atoms with van der Waals surface area (Å²) in [6, 6.07) is 5.44. The number of aromatic nitrogens is 2. The normalized spacial score (nSPS) is 11.6. The maximum absolute atomic E-state index is 12.0. The van der Waals surface area contributed by atoms with Crippen LogP contribution in [-0.4, -0.2) is 32.7 Å². The molecule has 0 spiro atoms. The van der Waals surface area contributed by atoms with Crippen molar-refractivity contribution in [2.45, 2.75) is 6.42 Å². The lowest BCUT2D eigenvalue weighted by Crippen LogP contribution is -2.17. The van der Waals surface area contributed by atoms with Gasteiger partial charge in [-0.1, -0.05) is 17.3 Å². The first kappa shape index (κ1) is 17.2. The van der Waals surface area contributed by atoms with E-state index in [4.69, 9.17) is 27.9 Å². The van der Waals surface area contributed by atoms with Crippen LogP contribution in [0.25, 0.3) is 10.2 Å². The summed E-state index contributed by atoms with van der Waals surface area (Å²) in [5.74, 6) is -2.08. The van der Waals surface area contributed by atoms with Gasteiger partial charge in [-0.3, -0.25) is 0 Å². The average Bonchev–Trinajstić information content (AvgIpc) is 3.13. The number of rotatable bonds is 5. The molecule has 0 saturated heterocycles. The fourth-order valence-corrected chi connectivity index (χ4v) is 3.76. The highest BCUT2D eigenvalue weighted by Crippen LogP contribution is 2.23. The van der Waals surface area contributed by atoms with Crippen LogP contribution in [-0.2, 0) is 20.8 Å². The van der Waals surface area contributed by atoms with Gasteiger partial charge in [0.1, 0.15) is 5.69 Å². The number of nitrogens with two attached hydrogens (primary N) is 1. The lowest BCUT2D eigenvalue weighted by Gasteiger charge is -2.02. The summed E-state index contributed by atoms with van der Waals surface area (Å²) in [5.41, 5.74) is 6.45. The number of nitrogens with zero attached hydrogens (tertiary/aromatic N) is 2. The number of aliphatic carboxylic acids is 1. The monoisotopic (exact) mass is 394 g/mol. The molecule has 0 fully saturated rings. The molecule has 0 amide bonds. The van der Waals surface area contributed by atoms with Crippen molar-refractivity contribution in [1.82, 2.24) is 9.97 Å². The Morgan fingerprint density at radius 3 is 2.92 bits per heavy atom. The molecule has 2 heterocycles. The molecule has 0 saturated carbocycles. The van der Waals surface area contributed by atoms with Crippen molar-refractivity contribution in [3.8, 4) is 0 Å². The van der Waals surface area contributed by atoms with Gasteiger partial charge in [0.15, 0.2) is 9.09 Å². The predicted octanol–water partition coefficient (Wildman–Crippen LogP) is 2.57. The number of H-pyrrole nitrogens is 1. The van der Waals surface area contributed by atoms with E-state index in [1.165, 1.54) is 16.7 Å². The van der Waals surface area contributed by atoms with E-state index in [0.717, 1.165) is 21.6 Å². The number of hydrogen-bond donors (Lipinski definition) is 3. The highest BCUT2D eigenvalue weighted by Gasteiger charge is 2.18. The average molecular weight is 394 g/mol. The molecule has 25 heavy (non-hydrogen) atoms. The summed E-state index contributed by atoms with van der Waals surface area (Å²) in [4.78, 5) is 34.8. The second kappa shape index (κ2) is 7.09. The molecule has 1 aromatic carbocycles. The van der Waals surface area contributed by atoms with Gasteiger partial charge < -0.3 is 20.7 Å². The molecule has 0 radical (unpaired) electrons. The standard InChI is InChI=1S/C14H10N4O4S3/c15-13-16-7(5-24-13)11(12(20)21)18-22-9(19)4-6-2-1-3-8-10(6)17-14(23)25-8/h1-3,5H,4H2,(H2,15,16)(H,17,23)(H,20,21). The maximum atomic E-state index is 12.0. The van der Waals surface area contributed by atoms with E-state index < -0.39 is 17.7 Å². The molecule has 0 bridgehead atoms. The summed E-state index contributed by atoms with van der Waals surface area (Å²) in [6.45, 7) is 0. The lowest BCUT2D eigenvalue weighted by molar-refractivity contribution is -0.142. The number of nitrogen functional groups attached to an aromatic ring is 1. The van der Waals surface area contributed by atoms with Crippen molar-refractivity contribution in [3.63, 3.8) is 0 Å². The fourth-order valence-electron chi connectivity index (χ4n) is 2.05. The van der Waals surface area contributed by atoms with Crippen LogP contribution in [0, 0.1) is 3.95 Å². The van der Waals surface area contributed by atoms with E-state index >= 15 is 0 Å². The topological polar surface area (TPSA) is 131 Å². The van der Waals surface area contributed by atoms with E-state index in [0.29, 0.717) is 9.52 Å². The molecule has 4 N–H and O–H groups in total. The zero-order valence-corrected chi connectivity index (χ0v) is 14.8. The van der Waals surface area contributed by atoms with Crippen LogP contribution in [0.5, 0.6) is 0 Å². The van der Waals surface area contributed by atoms with Gasteiger partial charge in [0.2, 0.25) is 5.71 Å². The zero-order chi connectivity index (χ0) is 18.0. The Bertz CT molecular complexity index is 1050. The largest absolute Gasteiger partial charge is 0.476 e. The molecule has 2 aromatic heterocycles. The van der Waals surface area contributed by atoms with Gasteiger partial charge in [-0.15, -0.1) is 22.7 Å². The highest BCUT2D eigenvalue weighted by molar-refractivity contribution is 7.73. The maximum Gasteiger partial charge on any atom is 0.360 e.